The van der Waals surface area contributed by atoms with Gasteiger partial charge in [0.2, 0.25) is 0 Å². The van der Waals surface area contributed by atoms with Gasteiger partial charge in [-0.2, -0.15) is 0 Å². The highest BCUT2D eigenvalue weighted by Crippen LogP contribution is 2.29. The van der Waals surface area contributed by atoms with Crippen LogP contribution in [0.25, 0.3) is 5.69 Å². The van der Waals surface area contributed by atoms with E-state index in [2.05, 4.69) is 16.7 Å². The van der Waals surface area contributed by atoms with Crippen LogP contribution in [-0.2, 0) is 6.42 Å². The fraction of sp³-hybridized carbons (Fsp3) is 0.0833. The van der Waals surface area contributed by atoms with Crippen molar-refractivity contribution in [3.63, 3.8) is 0 Å². The van der Waals surface area contributed by atoms with Crippen molar-refractivity contribution in [1.82, 2.24) is 4.57 Å². The van der Waals surface area contributed by atoms with E-state index in [1.165, 1.54) is 11.3 Å². The second kappa shape index (κ2) is 2.58. The Bertz CT molecular complexity index is 511. The maximum atomic E-state index is 10.8. The van der Waals surface area contributed by atoms with Gasteiger partial charge in [-0.15, -0.1) is 0 Å². The molecule has 68 valence electrons. The summed E-state index contributed by atoms with van der Waals surface area (Å²) in [5.41, 5.74) is 4.42. The Balaban J connectivity index is 2.27. The van der Waals surface area contributed by atoms with Gasteiger partial charge in [-0.05, 0) is 17.7 Å². The van der Waals surface area contributed by atoms with Crippen LogP contribution in [0.2, 0.25) is 0 Å². The molecule has 2 nitrogen and oxygen atoms in total. The van der Waals surface area contributed by atoms with Crippen LogP contribution in [0.1, 0.15) is 21.6 Å². The Morgan fingerprint density at radius 1 is 1.21 bits per heavy atom. The summed E-state index contributed by atoms with van der Waals surface area (Å²) in [6.45, 7) is 0. The van der Waals surface area contributed by atoms with Crippen LogP contribution in [0.15, 0.2) is 36.5 Å². The van der Waals surface area contributed by atoms with Crippen molar-refractivity contribution in [2.24, 2.45) is 0 Å². The minimum Gasteiger partial charge on any atom is -0.320 e. The molecule has 0 amide bonds. The molecule has 0 fully saturated rings. The van der Waals surface area contributed by atoms with Crippen molar-refractivity contribution in [3.05, 3.63) is 53.3 Å². The first-order chi connectivity index (χ1) is 6.90. The van der Waals surface area contributed by atoms with Crippen molar-refractivity contribution in [2.75, 3.05) is 0 Å². The Morgan fingerprint density at radius 3 is 2.93 bits per heavy atom. The molecule has 0 spiro atoms. The first-order valence-corrected chi connectivity index (χ1v) is 4.64. The first-order valence-electron chi connectivity index (χ1n) is 4.64. The minimum absolute atomic E-state index is 0.807. The average Bonchev–Trinajstić information content (AvgIpc) is 2.75. The number of hydrogen-bond acceptors (Lipinski definition) is 1. The predicted octanol–water partition coefficient (Wildman–Crippen LogP) is 2.19. The van der Waals surface area contributed by atoms with Crippen LogP contribution in [0.5, 0.6) is 0 Å². The van der Waals surface area contributed by atoms with Crippen LogP contribution in [0, 0.1) is 0 Å². The van der Waals surface area contributed by atoms with Crippen LogP contribution in [0.4, 0.5) is 0 Å². The lowest BCUT2D eigenvalue weighted by molar-refractivity contribution is 0.112. The van der Waals surface area contributed by atoms with E-state index in [9.17, 15) is 4.79 Å². The van der Waals surface area contributed by atoms with E-state index in [1.54, 1.807) is 0 Å². The van der Waals surface area contributed by atoms with Gasteiger partial charge in [-0.1, -0.05) is 18.2 Å². The van der Waals surface area contributed by atoms with Crippen molar-refractivity contribution in [2.45, 2.75) is 6.42 Å². The first kappa shape index (κ1) is 7.56. The summed E-state index contributed by atoms with van der Waals surface area (Å²) < 4.78 is 2.10. The number of para-hydroxylation sites is 1. The summed E-state index contributed by atoms with van der Waals surface area (Å²) in [7, 11) is 0. The molecule has 3 rings (SSSR count). The average molecular weight is 183 g/mol. The lowest BCUT2D eigenvalue weighted by Crippen LogP contribution is -1.90. The molecule has 2 heteroatoms. The Labute approximate surface area is 81.8 Å². The zero-order chi connectivity index (χ0) is 9.54. The van der Waals surface area contributed by atoms with E-state index >= 15 is 0 Å². The number of fused-ring (bicyclic) bond motifs is 3. The molecule has 0 unspecified atom stereocenters. The predicted molar refractivity (Wildman–Crippen MR) is 54.0 cm³/mol. The normalized spacial score (nSPS) is 12.3. The van der Waals surface area contributed by atoms with Crippen LogP contribution < -0.4 is 0 Å². The molecule has 0 bridgehead atoms. The fourth-order valence-corrected chi connectivity index (χ4v) is 2.08. The van der Waals surface area contributed by atoms with Gasteiger partial charge in [0.15, 0.2) is 6.29 Å². The van der Waals surface area contributed by atoms with Crippen LogP contribution in [-0.4, -0.2) is 10.9 Å². The van der Waals surface area contributed by atoms with Gasteiger partial charge < -0.3 is 4.57 Å². The number of rotatable bonds is 1. The smallest absolute Gasteiger partial charge is 0.151 e. The van der Waals surface area contributed by atoms with E-state index in [0.29, 0.717) is 0 Å². The molecule has 0 saturated heterocycles. The maximum absolute atomic E-state index is 10.8. The van der Waals surface area contributed by atoms with Gasteiger partial charge in [0, 0.05) is 29.6 Å². The molecular weight excluding hydrogens is 174 g/mol. The van der Waals surface area contributed by atoms with E-state index in [0.717, 1.165) is 24.0 Å². The second-order valence-corrected chi connectivity index (χ2v) is 3.51. The highest BCUT2D eigenvalue weighted by Gasteiger charge is 2.19. The van der Waals surface area contributed by atoms with E-state index in [-0.39, 0.29) is 0 Å². The summed E-state index contributed by atoms with van der Waals surface area (Å²) in [5.74, 6) is 0. The number of benzene rings is 1. The van der Waals surface area contributed by atoms with Gasteiger partial charge in [-0.3, -0.25) is 4.79 Å². The van der Waals surface area contributed by atoms with E-state index in [1.807, 2.05) is 24.4 Å². The van der Waals surface area contributed by atoms with Gasteiger partial charge in [0.05, 0.1) is 0 Å². The van der Waals surface area contributed by atoms with Gasteiger partial charge in [0.1, 0.15) is 0 Å². The lowest BCUT2D eigenvalue weighted by Gasteiger charge is -1.99. The summed E-state index contributed by atoms with van der Waals surface area (Å²) in [6.07, 6.45) is 3.76. The van der Waals surface area contributed by atoms with Crippen molar-refractivity contribution < 1.29 is 4.79 Å². The number of nitrogens with zero attached hydrogens (tertiary/aromatic N) is 1. The summed E-state index contributed by atoms with van der Waals surface area (Å²) >= 11 is 0. The molecule has 0 radical (unpaired) electrons. The largest absolute Gasteiger partial charge is 0.320 e. The molecule has 0 N–H and O–H groups in total. The molecule has 0 saturated carbocycles. The number of hydrogen-bond donors (Lipinski definition) is 0. The van der Waals surface area contributed by atoms with Crippen molar-refractivity contribution in [1.29, 1.82) is 0 Å². The number of carbonyl (C=O) groups excluding carboxylic acids is 1. The highest BCUT2D eigenvalue weighted by atomic mass is 16.1. The Hall–Kier alpha value is -1.83. The minimum atomic E-state index is 0.807. The molecule has 0 aliphatic carbocycles. The zero-order valence-electron chi connectivity index (χ0n) is 7.60. The number of aldehydes is 1. The lowest BCUT2D eigenvalue weighted by atomic mass is 10.1. The van der Waals surface area contributed by atoms with Gasteiger partial charge in [-0.25, -0.2) is 0 Å². The maximum Gasteiger partial charge on any atom is 0.151 e. The summed E-state index contributed by atoms with van der Waals surface area (Å²) in [4.78, 5) is 10.8. The fourth-order valence-electron chi connectivity index (χ4n) is 2.08. The summed E-state index contributed by atoms with van der Waals surface area (Å²) in [5, 5.41) is 0. The Morgan fingerprint density at radius 2 is 2.07 bits per heavy atom. The molecule has 1 aliphatic heterocycles. The quantitative estimate of drug-likeness (QED) is 0.530. The zero-order valence-corrected chi connectivity index (χ0v) is 7.60. The second-order valence-electron chi connectivity index (χ2n) is 3.51. The molecule has 2 heterocycles. The molecule has 1 aliphatic rings. The monoisotopic (exact) mass is 183 g/mol. The van der Waals surface area contributed by atoms with E-state index < -0.39 is 0 Å². The molecule has 14 heavy (non-hydrogen) atoms. The number of aromatic nitrogens is 1. The highest BCUT2D eigenvalue weighted by molar-refractivity contribution is 5.78. The molecular formula is C12H9NO. The standard InChI is InChI=1S/C12H9NO/c14-8-10-5-6-13-11-4-2-1-3-9(11)7-12(10)13/h1-6,8H,7H2. The third-order valence-corrected chi connectivity index (χ3v) is 2.76. The molecule has 1 aromatic heterocycles. The van der Waals surface area contributed by atoms with Gasteiger partial charge in [0.25, 0.3) is 0 Å². The summed E-state index contributed by atoms with van der Waals surface area (Å²) in [6, 6.07) is 10.1. The topological polar surface area (TPSA) is 22.0 Å². The SMILES string of the molecule is O=Cc1ccn2c1Cc1ccccc1-2. The molecule has 1 aromatic carbocycles. The molecule has 0 atom stereocenters. The van der Waals surface area contributed by atoms with Gasteiger partial charge >= 0.3 is 0 Å². The third kappa shape index (κ3) is 0.826. The van der Waals surface area contributed by atoms with Crippen molar-refractivity contribution in [3.8, 4) is 5.69 Å². The van der Waals surface area contributed by atoms with E-state index in [4.69, 9.17) is 0 Å². The third-order valence-electron chi connectivity index (χ3n) is 2.76. The van der Waals surface area contributed by atoms with Crippen LogP contribution >= 0.6 is 0 Å². The van der Waals surface area contributed by atoms with Crippen molar-refractivity contribution >= 4 is 6.29 Å². The van der Waals surface area contributed by atoms with Crippen LogP contribution in [0.3, 0.4) is 0 Å². The number of carbonyl (C=O) groups is 1. The molecule has 2 aromatic rings. The Kier molecular flexibility index (Phi) is 1.39.